The van der Waals surface area contributed by atoms with Crippen LogP contribution in [0.3, 0.4) is 0 Å². The SMILES string of the molecule is CCC(Sc1ccc2ccccc2n1)C(=O)Nc1c(C)cc(C)cc1C. The van der Waals surface area contributed by atoms with Crippen LogP contribution in [0.5, 0.6) is 0 Å². The van der Waals surface area contributed by atoms with Crippen molar-refractivity contribution in [3.8, 4) is 0 Å². The van der Waals surface area contributed by atoms with Crippen molar-refractivity contribution in [2.24, 2.45) is 0 Å². The third-order valence-electron chi connectivity index (χ3n) is 4.42. The van der Waals surface area contributed by atoms with Crippen LogP contribution >= 0.6 is 11.8 Å². The van der Waals surface area contributed by atoms with Crippen molar-refractivity contribution in [2.75, 3.05) is 5.32 Å². The van der Waals surface area contributed by atoms with E-state index in [0.717, 1.165) is 39.2 Å². The smallest absolute Gasteiger partial charge is 0.237 e. The molecule has 0 bridgehead atoms. The number of fused-ring (bicyclic) bond motifs is 1. The van der Waals surface area contributed by atoms with Gasteiger partial charge in [0.25, 0.3) is 0 Å². The normalized spacial score (nSPS) is 12.2. The standard InChI is InChI=1S/C22H24N2OS/c1-5-19(22(25)24-21-15(3)12-14(2)13-16(21)4)26-20-11-10-17-8-6-7-9-18(17)23-20/h6-13,19H,5H2,1-4H3,(H,24,25). The highest BCUT2D eigenvalue weighted by Crippen LogP contribution is 2.28. The Morgan fingerprint density at radius 1 is 1.08 bits per heavy atom. The van der Waals surface area contributed by atoms with Gasteiger partial charge in [-0.3, -0.25) is 4.79 Å². The van der Waals surface area contributed by atoms with Gasteiger partial charge < -0.3 is 5.32 Å². The minimum Gasteiger partial charge on any atom is -0.325 e. The number of nitrogens with one attached hydrogen (secondary N) is 1. The van der Waals surface area contributed by atoms with Crippen molar-refractivity contribution < 1.29 is 4.79 Å². The van der Waals surface area contributed by atoms with Crippen molar-refractivity contribution in [3.05, 3.63) is 65.2 Å². The summed E-state index contributed by atoms with van der Waals surface area (Å²) in [4.78, 5) is 17.5. The molecule has 0 aliphatic carbocycles. The molecule has 0 saturated heterocycles. The summed E-state index contributed by atoms with van der Waals surface area (Å²) in [5.74, 6) is 0.0301. The third kappa shape index (κ3) is 4.07. The quantitative estimate of drug-likeness (QED) is 0.593. The number of hydrogen-bond acceptors (Lipinski definition) is 3. The van der Waals surface area contributed by atoms with E-state index >= 15 is 0 Å². The lowest BCUT2D eigenvalue weighted by atomic mass is 10.0. The molecule has 4 heteroatoms. The Bertz CT molecular complexity index is 929. The van der Waals surface area contributed by atoms with Crippen molar-refractivity contribution in [1.29, 1.82) is 0 Å². The molecule has 3 aromatic rings. The van der Waals surface area contributed by atoms with E-state index in [-0.39, 0.29) is 11.2 Å². The number of hydrogen-bond donors (Lipinski definition) is 1. The predicted octanol–water partition coefficient (Wildman–Crippen LogP) is 5.67. The molecule has 3 rings (SSSR count). The molecule has 1 aromatic heterocycles. The molecule has 134 valence electrons. The summed E-state index contributed by atoms with van der Waals surface area (Å²) < 4.78 is 0. The van der Waals surface area contributed by atoms with Crippen LogP contribution in [0.1, 0.15) is 30.0 Å². The molecule has 0 fully saturated rings. The second kappa shape index (κ2) is 7.92. The lowest BCUT2D eigenvalue weighted by Crippen LogP contribution is -2.25. The number of para-hydroxylation sites is 1. The molecular weight excluding hydrogens is 340 g/mol. The average Bonchev–Trinajstić information content (AvgIpc) is 2.62. The second-order valence-corrected chi connectivity index (χ2v) is 7.84. The van der Waals surface area contributed by atoms with Crippen LogP contribution in [0.2, 0.25) is 0 Å². The number of aromatic nitrogens is 1. The minimum absolute atomic E-state index is 0.0301. The zero-order chi connectivity index (χ0) is 18.7. The summed E-state index contributed by atoms with van der Waals surface area (Å²) in [7, 11) is 0. The minimum atomic E-state index is -0.177. The summed E-state index contributed by atoms with van der Waals surface area (Å²) >= 11 is 1.52. The number of rotatable bonds is 5. The Kier molecular flexibility index (Phi) is 5.62. The lowest BCUT2D eigenvalue weighted by Gasteiger charge is -2.17. The summed E-state index contributed by atoms with van der Waals surface area (Å²) in [6, 6.07) is 16.3. The first-order valence-corrected chi connectivity index (χ1v) is 9.77. The number of anilines is 1. The van der Waals surface area contributed by atoms with Crippen LogP contribution in [-0.2, 0) is 4.79 Å². The van der Waals surface area contributed by atoms with Crippen molar-refractivity contribution >= 4 is 34.3 Å². The van der Waals surface area contributed by atoms with E-state index < -0.39 is 0 Å². The Morgan fingerprint density at radius 2 is 1.77 bits per heavy atom. The maximum absolute atomic E-state index is 12.8. The maximum Gasteiger partial charge on any atom is 0.237 e. The van der Waals surface area contributed by atoms with Crippen molar-refractivity contribution in [2.45, 2.75) is 44.4 Å². The van der Waals surface area contributed by atoms with E-state index in [9.17, 15) is 4.79 Å². The van der Waals surface area contributed by atoms with Crippen LogP contribution in [-0.4, -0.2) is 16.1 Å². The highest BCUT2D eigenvalue weighted by molar-refractivity contribution is 8.00. The fourth-order valence-electron chi connectivity index (χ4n) is 3.16. The van der Waals surface area contributed by atoms with Gasteiger partial charge in [-0.15, -0.1) is 0 Å². The van der Waals surface area contributed by atoms with E-state index in [1.54, 1.807) is 0 Å². The Hall–Kier alpha value is -2.33. The van der Waals surface area contributed by atoms with Crippen LogP contribution in [0, 0.1) is 20.8 Å². The molecular formula is C22H24N2OS. The summed E-state index contributed by atoms with van der Waals surface area (Å²) in [6.07, 6.45) is 0.745. The van der Waals surface area contributed by atoms with Gasteiger partial charge in [0.1, 0.15) is 0 Å². The maximum atomic E-state index is 12.8. The summed E-state index contributed by atoms with van der Waals surface area (Å²) in [5, 5.41) is 4.94. The fourth-order valence-corrected chi connectivity index (χ4v) is 4.08. The number of aryl methyl sites for hydroxylation is 3. The van der Waals surface area contributed by atoms with Gasteiger partial charge in [-0.1, -0.05) is 60.6 Å². The van der Waals surface area contributed by atoms with Crippen LogP contribution in [0.4, 0.5) is 5.69 Å². The zero-order valence-corrected chi connectivity index (χ0v) is 16.5. The zero-order valence-electron chi connectivity index (χ0n) is 15.7. The molecule has 1 heterocycles. The molecule has 1 N–H and O–H groups in total. The van der Waals surface area contributed by atoms with Crippen molar-refractivity contribution in [1.82, 2.24) is 4.98 Å². The van der Waals surface area contributed by atoms with Gasteiger partial charge in [-0.05, 0) is 50.5 Å². The van der Waals surface area contributed by atoms with E-state index in [2.05, 4.69) is 35.4 Å². The molecule has 3 nitrogen and oxygen atoms in total. The largest absolute Gasteiger partial charge is 0.325 e. The van der Waals surface area contributed by atoms with Gasteiger partial charge in [0.15, 0.2) is 0 Å². The number of carbonyl (C=O) groups is 1. The van der Waals surface area contributed by atoms with Gasteiger partial charge in [-0.2, -0.15) is 0 Å². The lowest BCUT2D eigenvalue weighted by molar-refractivity contribution is -0.115. The molecule has 1 unspecified atom stereocenters. The molecule has 1 amide bonds. The summed E-state index contributed by atoms with van der Waals surface area (Å²) in [5.41, 5.74) is 5.28. The first-order chi connectivity index (χ1) is 12.5. The van der Waals surface area contributed by atoms with Crippen LogP contribution < -0.4 is 5.32 Å². The molecule has 2 aromatic carbocycles. The number of thioether (sulfide) groups is 1. The number of nitrogens with zero attached hydrogens (tertiary/aromatic N) is 1. The topological polar surface area (TPSA) is 42.0 Å². The van der Waals surface area contributed by atoms with Gasteiger partial charge in [0.2, 0.25) is 5.91 Å². The van der Waals surface area contributed by atoms with E-state index in [1.807, 2.05) is 51.1 Å². The van der Waals surface area contributed by atoms with E-state index in [1.165, 1.54) is 17.3 Å². The third-order valence-corrected chi connectivity index (χ3v) is 5.73. The number of carbonyl (C=O) groups excluding carboxylic acids is 1. The van der Waals surface area contributed by atoms with E-state index in [4.69, 9.17) is 0 Å². The first-order valence-electron chi connectivity index (χ1n) is 8.89. The molecule has 0 aliphatic heterocycles. The fraction of sp³-hybridized carbons (Fsp3) is 0.273. The Morgan fingerprint density at radius 3 is 2.46 bits per heavy atom. The van der Waals surface area contributed by atoms with Gasteiger partial charge in [-0.25, -0.2) is 4.98 Å². The van der Waals surface area contributed by atoms with Crippen molar-refractivity contribution in [3.63, 3.8) is 0 Å². The van der Waals surface area contributed by atoms with Gasteiger partial charge in [0, 0.05) is 11.1 Å². The molecule has 26 heavy (non-hydrogen) atoms. The number of amides is 1. The first kappa shape index (κ1) is 18.5. The van der Waals surface area contributed by atoms with Crippen LogP contribution in [0.15, 0.2) is 53.6 Å². The number of benzene rings is 2. The Balaban J connectivity index is 1.78. The molecule has 0 aliphatic rings. The molecule has 0 spiro atoms. The predicted molar refractivity (Wildman–Crippen MR) is 111 cm³/mol. The second-order valence-electron chi connectivity index (χ2n) is 6.62. The van der Waals surface area contributed by atoms with Gasteiger partial charge >= 0.3 is 0 Å². The Labute approximate surface area is 159 Å². The van der Waals surface area contributed by atoms with E-state index in [0.29, 0.717) is 0 Å². The molecule has 0 radical (unpaired) electrons. The van der Waals surface area contributed by atoms with Crippen LogP contribution in [0.25, 0.3) is 10.9 Å². The molecule has 0 saturated carbocycles. The average molecular weight is 365 g/mol. The molecule has 1 atom stereocenters. The summed E-state index contributed by atoms with van der Waals surface area (Å²) in [6.45, 7) is 8.18. The number of pyridine rings is 1. The monoisotopic (exact) mass is 364 g/mol. The highest BCUT2D eigenvalue weighted by Gasteiger charge is 2.20. The highest BCUT2D eigenvalue weighted by atomic mass is 32.2. The van der Waals surface area contributed by atoms with Gasteiger partial charge in [0.05, 0.1) is 15.8 Å².